The van der Waals surface area contributed by atoms with Gasteiger partial charge in [0, 0.05) is 38.0 Å². The van der Waals surface area contributed by atoms with Crippen LogP contribution in [0.1, 0.15) is 156 Å². The van der Waals surface area contributed by atoms with Crippen molar-refractivity contribution in [2.75, 3.05) is 39.3 Å². The topological polar surface area (TPSA) is 488 Å². The van der Waals surface area contributed by atoms with Crippen LogP contribution in [0.4, 0.5) is 0 Å². The number of hydrogen-bond acceptors (Lipinski definition) is 18. The van der Waals surface area contributed by atoms with Crippen molar-refractivity contribution in [2.24, 2.45) is 58.1 Å². The van der Waals surface area contributed by atoms with Crippen LogP contribution >= 0.6 is 0 Å². The maximum Gasteiger partial charge on any atom is 0.246 e. The van der Waals surface area contributed by atoms with Gasteiger partial charge in [-0.25, -0.2) is 0 Å². The van der Waals surface area contributed by atoms with Gasteiger partial charge in [-0.3, -0.25) is 57.5 Å². The van der Waals surface area contributed by atoms with Crippen LogP contribution in [0.5, 0.6) is 0 Å². The van der Waals surface area contributed by atoms with Crippen LogP contribution in [0.3, 0.4) is 0 Å². The predicted molar refractivity (Wildman–Crippen MR) is 387 cm³/mol. The number of nitrogens with two attached hydrogens (primary N) is 6. The number of nitrogens with zero attached hydrogens (tertiary/aromatic N) is 2. The summed E-state index contributed by atoms with van der Waals surface area (Å²) in [5, 5.41) is 28.5. The van der Waals surface area contributed by atoms with Gasteiger partial charge in [-0.05, 0) is 138 Å². The Kier molecular flexibility index (Phi) is 35.2. The summed E-state index contributed by atoms with van der Waals surface area (Å²) in [6.45, 7) is 14.4. The minimum Gasteiger partial charge on any atom is -0.350 e. The molecule has 2 aromatic carbocycles. The van der Waals surface area contributed by atoms with Crippen LogP contribution in [-0.4, -0.2) is 205 Å². The number of amides is 12. The number of fused-ring (bicyclic) bond motifs is 2. The van der Waals surface area contributed by atoms with E-state index in [9.17, 15) is 28.8 Å². The van der Waals surface area contributed by atoms with Gasteiger partial charge in [0.05, 0.1) is 12.1 Å². The third-order valence-corrected chi connectivity index (χ3v) is 18.7. The summed E-state index contributed by atoms with van der Waals surface area (Å²) in [7, 11) is 0. The van der Waals surface area contributed by atoms with E-state index in [4.69, 9.17) is 34.4 Å². The van der Waals surface area contributed by atoms with Gasteiger partial charge >= 0.3 is 0 Å². The Labute approximate surface area is 600 Å². The molecule has 14 atom stereocenters. The van der Waals surface area contributed by atoms with Crippen molar-refractivity contribution in [3.8, 4) is 0 Å². The number of nitrogens with one attached hydrogen (secondary N) is 10. The highest BCUT2D eigenvalue weighted by Gasteiger charge is 2.47. The molecule has 3 heterocycles. The molecule has 3 aliphatic heterocycles. The summed E-state index contributed by atoms with van der Waals surface area (Å²) in [4.78, 5) is 181. The van der Waals surface area contributed by atoms with E-state index in [-0.39, 0.29) is 102 Å². The summed E-state index contributed by atoms with van der Waals surface area (Å²) in [6, 6.07) is 0.0558. The first-order valence-electron chi connectivity index (χ1n) is 36.5. The summed E-state index contributed by atoms with van der Waals surface area (Å²) < 4.78 is 0. The Bertz CT molecular complexity index is 2890. The van der Waals surface area contributed by atoms with E-state index in [0.29, 0.717) is 62.7 Å². The zero-order valence-corrected chi connectivity index (χ0v) is 61.0. The molecular formula is C72H118N18O12. The Morgan fingerprint density at radius 1 is 0.412 bits per heavy atom. The van der Waals surface area contributed by atoms with E-state index in [1.165, 1.54) is 9.80 Å². The highest BCUT2D eigenvalue weighted by Crippen LogP contribution is 2.25. The number of carbonyl (C=O) groups is 12. The normalized spacial score (nSPS) is 25.7. The third kappa shape index (κ3) is 26.3. The van der Waals surface area contributed by atoms with Crippen molar-refractivity contribution in [3.63, 3.8) is 0 Å². The molecule has 102 heavy (non-hydrogen) atoms. The lowest BCUT2D eigenvalue weighted by Crippen LogP contribution is -2.62. The minimum atomic E-state index is -1.43. The summed E-state index contributed by atoms with van der Waals surface area (Å²) >= 11 is 0. The van der Waals surface area contributed by atoms with Crippen molar-refractivity contribution < 1.29 is 57.5 Å². The molecular weight excluding hydrogens is 1310 g/mol. The third-order valence-electron chi connectivity index (χ3n) is 18.7. The lowest BCUT2D eigenvalue weighted by Gasteiger charge is -2.33. The molecule has 0 saturated carbocycles. The molecule has 30 nitrogen and oxygen atoms in total. The molecule has 0 unspecified atom stereocenters. The maximum absolute atomic E-state index is 15.6. The molecule has 0 bridgehead atoms. The molecule has 2 aromatic rings. The van der Waals surface area contributed by atoms with Crippen molar-refractivity contribution in [3.05, 3.63) is 71.8 Å². The quantitative estimate of drug-likeness (QED) is 0.0424. The summed E-state index contributed by atoms with van der Waals surface area (Å²) in [5.41, 5.74) is 37.4. The second kappa shape index (κ2) is 42.4. The van der Waals surface area contributed by atoms with Gasteiger partial charge in [0.1, 0.15) is 60.4 Å². The average molecular weight is 1430 g/mol. The number of hydrogen-bond donors (Lipinski definition) is 16. The SMILES string of the molecule is CC(C)C[C@@H]1NC(=O)[C@H](CCCN)NC(=O)[C@H](C(C)C)NC(=O)[C@@H]2C[C@H](NC(=O)[C@@H](N)CCCCN)CN2C(=O)[C@@H](Cc2ccccc2)NC(=O)[C@H](CC(C)C)NC(=O)[C@H](CCCN)NC(=O)[C@H](C(C)C)NC(=O)[C@@H]2C[C@H](NC(=O)[C@@H](N)CCCCN)CN2C(=O)[C@@H](Cc2ccccc2)NC1=O. The lowest BCUT2D eigenvalue weighted by molar-refractivity contribution is -0.143. The van der Waals surface area contributed by atoms with Gasteiger partial charge in [0.25, 0.3) is 0 Å². The largest absolute Gasteiger partial charge is 0.350 e. The van der Waals surface area contributed by atoms with Crippen molar-refractivity contribution in [1.82, 2.24) is 63.0 Å². The Balaban J connectivity index is 1.69. The fraction of sp³-hybridized carbons (Fsp3) is 0.667. The molecule has 0 radical (unpaired) electrons. The zero-order valence-electron chi connectivity index (χ0n) is 61.0. The van der Waals surface area contributed by atoms with Gasteiger partial charge in [0.15, 0.2) is 0 Å². The van der Waals surface area contributed by atoms with Crippen molar-refractivity contribution in [1.29, 1.82) is 0 Å². The van der Waals surface area contributed by atoms with Gasteiger partial charge in [-0.1, -0.05) is 129 Å². The standard InChI is InChI=1S/C72H118N18O12/c1-41(2)33-53-65(95)85-55(35-45-21-11-9-12-22-45)71(101)89-39-47(79-61(91)49(77)25-15-17-29-73)37-57(89)67(97)88-60(44(7)8)70(100)82-52(28-20-32-76)64(94)84-54(34-42(3)4)66(96)86-56(36-46-23-13-10-14-24-46)72(102)90-40-48(80-62(92)50(78)26-16-18-30-74)38-58(90)68(98)87-59(43(5)6)69(99)81-51(27-19-31-75)63(93)83-53/h9-14,21-24,41-44,47-60H,15-20,25-40,73-78H2,1-8H3,(H,79,91)(H,80,92)(H,81,99)(H,82,100)(H,83,93)(H,84,94)(H,85,95)(H,86,96)(H,87,98)(H,88,97)/t47-,48-,49-,50-,51-,52-,53-,54-,55+,56+,57-,58-,59-,60-/m0/s1. The molecule has 30 heteroatoms. The van der Waals surface area contributed by atoms with Gasteiger partial charge in [-0.2, -0.15) is 0 Å². The van der Waals surface area contributed by atoms with Crippen LogP contribution in [0.2, 0.25) is 0 Å². The van der Waals surface area contributed by atoms with Gasteiger partial charge < -0.3 is 97.4 Å². The summed E-state index contributed by atoms with van der Waals surface area (Å²) in [5.74, 6) is -10.8. The second-order valence-electron chi connectivity index (χ2n) is 29.0. The zero-order chi connectivity index (χ0) is 75.3. The Morgan fingerprint density at radius 2 is 0.725 bits per heavy atom. The van der Waals surface area contributed by atoms with Crippen molar-refractivity contribution in [2.45, 2.75) is 243 Å². The number of rotatable bonds is 28. The molecule has 3 saturated heterocycles. The van der Waals surface area contributed by atoms with E-state index in [1.54, 1.807) is 88.4 Å². The maximum atomic E-state index is 15.6. The highest BCUT2D eigenvalue weighted by atomic mass is 16.2. The molecule has 0 aliphatic carbocycles. The van der Waals surface area contributed by atoms with E-state index in [1.807, 2.05) is 27.7 Å². The molecule has 0 aromatic heterocycles. The average Bonchev–Trinajstić information content (AvgIpc) is 1.63. The molecule has 22 N–H and O–H groups in total. The van der Waals surface area contributed by atoms with Crippen LogP contribution in [0, 0.1) is 23.7 Å². The monoisotopic (exact) mass is 1430 g/mol. The second-order valence-corrected chi connectivity index (χ2v) is 29.0. The summed E-state index contributed by atoms with van der Waals surface area (Å²) in [6.07, 6.45) is 2.80. The first-order valence-corrected chi connectivity index (χ1v) is 36.5. The molecule has 5 rings (SSSR count). The fourth-order valence-electron chi connectivity index (χ4n) is 13.0. The molecule has 0 spiro atoms. The lowest BCUT2D eigenvalue weighted by atomic mass is 9.98. The van der Waals surface area contributed by atoms with Gasteiger partial charge in [0.2, 0.25) is 70.9 Å². The van der Waals surface area contributed by atoms with E-state index in [2.05, 4.69) is 53.2 Å². The smallest absolute Gasteiger partial charge is 0.246 e. The Morgan fingerprint density at radius 3 is 1.04 bits per heavy atom. The first-order chi connectivity index (χ1) is 48.5. The van der Waals surface area contributed by atoms with Crippen LogP contribution in [0.15, 0.2) is 60.7 Å². The molecule has 3 fully saturated rings. The van der Waals surface area contributed by atoms with E-state index < -0.39 is 167 Å². The number of benzene rings is 2. The van der Waals surface area contributed by atoms with E-state index in [0.717, 1.165) is 0 Å². The Hall–Kier alpha value is -8.16. The number of unbranched alkanes of at least 4 members (excludes halogenated alkanes) is 2. The molecule has 12 amide bonds. The van der Waals surface area contributed by atoms with Gasteiger partial charge in [-0.15, -0.1) is 0 Å². The van der Waals surface area contributed by atoms with Crippen LogP contribution in [0.25, 0.3) is 0 Å². The molecule has 3 aliphatic rings. The molecule has 568 valence electrons. The van der Waals surface area contributed by atoms with Crippen LogP contribution in [-0.2, 0) is 70.4 Å². The van der Waals surface area contributed by atoms with Crippen LogP contribution < -0.4 is 87.6 Å². The highest BCUT2D eigenvalue weighted by molar-refractivity contribution is 6.00. The minimum absolute atomic E-state index is 0.0283. The first kappa shape index (κ1) is 84.5. The van der Waals surface area contributed by atoms with Crippen molar-refractivity contribution >= 4 is 70.9 Å². The number of carbonyl (C=O) groups excluding carboxylic acids is 12. The fourth-order valence-corrected chi connectivity index (χ4v) is 13.0. The van der Waals surface area contributed by atoms with E-state index >= 15 is 28.8 Å². The predicted octanol–water partition coefficient (Wildman–Crippen LogP) is -1.67.